The molecule has 3 nitrogen and oxygen atoms in total. The van der Waals surface area contributed by atoms with Gasteiger partial charge in [-0.2, -0.15) is 0 Å². The second-order valence-electron chi connectivity index (χ2n) is 2.84. The molecule has 0 aromatic carbocycles. The Labute approximate surface area is 74.0 Å². The van der Waals surface area contributed by atoms with Crippen molar-refractivity contribution in [3.8, 4) is 0 Å². The van der Waals surface area contributed by atoms with Gasteiger partial charge in [-0.15, -0.1) is 11.3 Å². The fourth-order valence-electron chi connectivity index (χ4n) is 1.22. The Hall–Kier alpha value is -0.870. The molecule has 1 atom stereocenters. The molecular weight excluding hydrogens is 174 g/mol. The van der Waals surface area contributed by atoms with Crippen molar-refractivity contribution in [2.24, 2.45) is 0 Å². The van der Waals surface area contributed by atoms with Crippen molar-refractivity contribution in [2.45, 2.75) is 12.5 Å². The van der Waals surface area contributed by atoms with E-state index < -0.39 is 5.97 Å². The summed E-state index contributed by atoms with van der Waals surface area (Å²) in [7, 11) is 0. The topological polar surface area (TPSA) is 49.3 Å². The zero-order chi connectivity index (χ0) is 8.55. The van der Waals surface area contributed by atoms with Gasteiger partial charge in [-0.1, -0.05) is 0 Å². The Morgan fingerprint density at radius 2 is 2.50 bits per heavy atom. The molecule has 1 fully saturated rings. The van der Waals surface area contributed by atoms with Crippen LogP contribution in [-0.4, -0.2) is 17.6 Å². The number of aromatic carboxylic acids is 1. The summed E-state index contributed by atoms with van der Waals surface area (Å²) in [5.74, 6) is -0.828. The highest BCUT2D eigenvalue weighted by Crippen LogP contribution is 2.27. The molecule has 0 amide bonds. The van der Waals surface area contributed by atoms with E-state index in [4.69, 9.17) is 5.11 Å². The molecule has 1 aliphatic rings. The van der Waals surface area contributed by atoms with Gasteiger partial charge in [-0.05, 0) is 30.0 Å². The molecule has 64 valence electrons. The molecule has 2 heterocycles. The van der Waals surface area contributed by atoms with Crippen LogP contribution in [0.5, 0.6) is 0 Å². The lowest BCUT2D eigenvalue weighted by atomic mass is 10.0. The largest absolute Gasteiger partial charge is 0.477 e. The lowest BCUT2D eigenvalue weighted by molar-refractivity contribution is 0.0702. The van der Waals surface area contributed by atoms with Gasteiger partial charge in [0.05, 0.1) is 0 Å². The standard InChI is InChI=1S/C8H9NO2S/c10-8(11)7-3-5(4-12-7)6-1-2-9-6/h3-4,6,9H,1-2H2,(H,10,11). The molecule has 4 heteroatoms. The van der Waals surface area contributed by atoms with Crippen LogP contribution in [0.3, 0.4) is 0 Å². The number of carboxylic acids is 1. The molecule has 12 heavy (non-hydrogen) atoms. The van der Waals surface area contributed by atoms with Crippen LogP contribution in [-0.2, 0) is 0 Å². The SMILES string of the molecule is O=C(O)c1cc(C2CCN2)cs1. The summed E-state index contributed by atoms with van der Waals surface area (Å²) in [6.45, 7) is 1.04. The third-order valence-electron chi connectivity index (χ3n) is 2.06. The average Bonchev–Trinajstić information content (AvgIpc) is 2.32. The fourth-order valence-corrected chi connectivity index (χ4v) is 2.02. The molecule has 1 aromatic rings. The lowest BCUT2D eigenvalue weighted by Crippen LogP contribution is -2.34. The van der Waals surface area contributed by atoms with Gasteiger partial charge >= 0.3 is 5.97 Å². The van der Waals surface area contributed by atoms with Gasteiger partial charge in [0.15, 0.2) is 0 Å². The van der Waals surface area contributed by atoms with Crippen LogP contribution in [0.4, 0.5) is 0 Å². The summed E-state index contributed by atoms with van der Waals surface area (Å²) in [6, 6.07) is 2.15. The molecule has 1 aliphatic heterocycles. The van der Waals surface area contributed by atoms with E-state index in [0.717, 1.165) is 18.5 Å². The summed E-state index contributed by atoms with van der Waals surface area (Å²) in [5.41, 5.74) is 1.11. The van der Waals surface area contributed by atoms with E-state index >= 15 is 0 Å². The van der Waals surface area contributed by atoms with Crippen molar-refractivity contribution in [3.63, 3.8) is 0 Å². The minimum Gasteiger partial charge on any atom is -0.477 e. The van der Waals surface area contributed by atoms with Crippen LogP contribution < -0.4 is 5.32 Å². The van der Waals surface area contributed by atoms with E-state index in [2.05, 4.69) is 5.32 Å². The number of carbonyl (C=O) groups is 1. The molecule has 1 saturated heterocycles. The van der Waals surface area contributed by atoms with E-state index in [1.165, 1.54) is 11.3 Å². The summed E-state index contributed by atoms with van der Waals surface area (Å²) < 4.78 is 0. The molecule has 2 N–H and O–H groups in total. The third kappa shape index (κ3) is 1.23. The van der Waals surface area contributed by atoms with Crippen LogP contribution in [0.2, 0.25) is 0 Å². The Balaban J connectivity index is 2.17. The van der Waals surface area contributed by atoms with Crippen molar-refractivity contribution in [1.82, 2.24) is 5.32 Å². The monoisotopic (exact) mass is 183 g/mol. The third-order valence-corrected chi connectivity index (χ3v) is 2.99. The van der Waals surface area contributed by atoms with E-state index in [9.17, 15) is 4.79 Å². The molecule has 2 rings (SSSR count). The van der Waals surface area contributed by atoms with E-state index in [0.29, 0.717) is 10.9 Å². The van der Waals surface area contributed by atoms with Gasteiger partial charge < -0.3 is 10.4 Å². The van der Waals surface area contributed by atoms with Gasteiger partial charge in [0.25, 0.3) is 0 Å². The molecule has 0 aliphatic carbocycles. The van der Waals surface area contributed by atoms with Crippen LogP contribution >= 0.6 is 11.3 Å². The van der Waals surface area contributed by atoms with Crippen molar-refractivity contribution >= 4 is 17.3 Å². The van der Waals surface area contributed by atoms with Crippen molar-refractivity contribution in [1.29, 1.82) is 0 Å². The quantitative estimate of drug-likeness (QED) is 0.730. The highest BCUT2D eigenvalue weighted by molar-refractivity contribution is 7.12. The molecule has 1 unspecified atom stereocenters. The second kappa shape index (κ2) is 2.88. The summed E-state index contributed by atoms with van der Waals surface area (Å²) in [4.78, 5) is 11.0. The number of carboxylic acid groups (broad SMARTS) is 1. The number of nitrogens with one attached hydrogen (secondary N) is 1. The molecule has 0 saturated carbocycles. The Kier molecular flexibility index (Phi) is 1.86. The van der Waals surface area contributed by atoms with E-state index in [-0.39, 0.29) is 0 Å². The highest BCUT2D eigenvalue weighted by Gasteiger charge is 2.20. The van der Waals surface area contributed by atoms with Crippen LogP contribution in [0.15, 0.2) is 11.4 Å². The van der Waals surface area contributed by atoms with Crippen molar-refractivity contribution in [3.05, 3.63) is 21.9 Å². The van der Waals surface area contributed by atoms with Gasteiger partial charge in [-0.3, -0.25) is 0 Å². The maximum atomic E-state index is 10.5. The van der Waals surface area contributed by atoms with Crippen LogP contribution in [0.25, 0.3) is 0 Å². The molecule has 0 radical (unpaired) electrons. The predicted octanol–water partition coefficient (Wildman–Crippen LogP) is 1.48. The first-order chi connectivity index (χ1) is 5.77. The minimum absolute atomic E-state index is 0.398. The van der Waals surface area contributed by atoms with Gasteiger partial charge in [0, 0.05) is 6.04 Å². The Morgan fingerprint density at radius 1 is 1.75 bits per heavy atom. The van der Waals surface area contributed by atoms with Gasteiger partial charge in [0.1, 0.15) is 4.88 Å². The predicted molar refractivity (Wildman–Crippen MR) is 46.6 cm³/mol. The number of hydrogen-bond donors (Lipinski definition) is 2. The summed E-state index contributed by atoms with van der Waals surface area (Å²) in [6.07, 6.45) is 1.12. The normalized spacial score (nSPS) is 21.8. The summed E-state index contributed by atoms with van der Waals surface area (Å²) >= 11 is 1.30. The van der Waals surface area contributed by atoms with Crippen LogP contribution in [0.1, 0.15) is 27.7 Å². The smallest absolute Gasteiger partial charge is 0.345 e. The zero-order valence-corrected chi connectivity index (χ0v) is 7.23. The second-order valence-corrected chi connectivity index (χ2v) is 3.76. The first-order valence-electron chi connectivity index (χ1n) is 3.82. The number of hydrogen-bond acceptors (Lipinski definition) is 3. The van der Waals surface area contributed by atoms with Crippen LogP contribution in [0, 0.1) is 0 Å². The maximum Gasteiger partial charge on any atom is 0.345 e. The van der Waals surface area contributed by atoms with Gasteiger partial charge in [0.2, 0.25) is 0 Å². The van der Waals surface area contributed by atoms with Crippen molar-refractivity contribution < 1.29 is 9.90 Å². The van der Waals surface area contributed by atoms with Crippen molar-refractivity contribution in [2.75, 3.05) is 6.54 Å². The highest BCUT2D eigenvalue weighted by atomic mass is 32.1. The zero-order valence-electron chi connectivity index (χ0n) is 6.41. The number of rotatable bonds is 2. The Morgan fingerprint density at radius 3 is 2.92 bits per heavy atom. The fraction of sp³-hybridized carbons (Fsp3) is 0.375. The van der Waals surface area contributed by atoms with E-state index in [1.54, 1.807) is 6.07 Å². The molecular formula is C8H9NO2S. The molecule has 0 spiro atoms. The van der Waals surface area contributed by atoms with Gasteiger partial charge in [-0.25, -0.2) is 4.79 Å². The maximum absolute atomic E-state index is 10.5. The first-order valence-corrected chi connectivity index (χ1v) is 4.70. The molecule has 1 aromatic heterocycles. The molecule has 0 bridgehead atoms. The number of thiophene rings is 1. The first kappa shape index (κ1) is 7.76. The lowest BCUT2D eigenvalue weighted by Gasteiger charge is -2.26. The average molecular weight is 183 g/mol. The Bertz CT molecular complexity index is 304. The summed E-state index contributed by atoms with van der Waals surface area (Å²) in [5, 5.41) is 13.8. The minimum atomic E-state index is -0.828. The van der Waals surface area contributed by atoms with E-state index in [1.807, 2.05) is 5.38 Å².